The van der Waals surface area contributed by atoms with E-state index in [0.29, 0.717) is 6.04 Å². The van der Waals surface area contributed by atoms with Crippen molar-refractivity contribution in [2.45, 2.75) is 32.7 Å². The molecule has 0 unspecified atom stereocenters. The minimum Gasteiger partial charge on any atom is -0.404 e. The van der Waals surface area contributed by atoms with E-state index < -0.39 is 0 Å². The number of rotatable bonds is 7. The first-order valence-corrected chi connectivity index (χ1v) is 8.91. The second-order valence-corrected chi connectivity index (χ2v) is 6.40. The van der Waals surface area contributed by atoms with Crippen molar-refractivity contribution < 1.29 is 4.74 Å². The molecule has 2 aromatic heterocycles. The number of hydrogen-bond acceptors (Lipinski definition) is 6. The molecule has 0 saturated carbocycles. The summed E-state index contributed by atoms with van der Waals surface area (Å²) in [6.07, 6.45) is 8.92. The van der Waals surface area contributed by atoms with Crippen molar-refractivity contribution in [3.8, 4) is 0 Å². The summed E-state index contributed by atoms with van der Waals surface area (Å²) in [5, 5.41) is 3.40. The number of aromatic nitrogens is 2. The van der Waals surface area contributed by atoms with Crippen LogP contribution in [-0.2, 0) is 11.2 Å². The molecule has 1 saturated heterocycles. The third-order valence-corrected chi connectivity index (χ3v) is 4.20. The van der Waals surface area contributed by atoms with Crippen LogP contribution in [0.2, 0.25) is 0 Å². The molecule has 0 atom stereocenters. The van der Waals surface area contributed by atoms with Gasteiger partial charge in [0.1, 0.15) is 0 Å². The van der Waals surface area contributed by atoms with Gasteiger partial charge in [-0.25, -0.2) is 0 Å². The number of hydrogen-bond donors (Lipinski definition) is 2. The summed E-state index contributed by atoms with van der Waals surface area (Å²) in [4.78, 5) is 13.5. The number of aryl methyl sites for hydroxylation is 2. The molecule has 0 radical (unpaired) electrons. The van der Waals surface area contributed by atoms with Gasteiger partial charge in [0.05, 0.1) is 42.5 Å². The quantitative estimate of drug-likeness (QED) is 0.748. The van der Waals surface area contributed by atoms with E-state index in [-0.39, 0.29) is 0 Å². The molecular weight excluding hydrogens is 326 g/mol. The van der Waals surface area contributed by atoms with Crippen molar-refractivity contribution in [3.63, 3.8) is 0 Å². The van der Waals surface area contributed by atoms with Crippen LogP contribution < -0.4 is 11.1 Å². The van der Waals surface area contributed by atoms with Gasteiger partial charge >= 0.3 is 0 Å². The van der Waals surface area contributed by atoms with Gasteiger partial charge < -0.3 is 15.8 Å². The maximum absolute atomic E-state index is 5.83. The number of anilines is 1. The van der Waals surface area contributed by atoms with Gasteiger partial charge in [0.15, 0.2) is 0 Å². The minimum atomic E-state index is 0.372. The van der Waals surface area contributed by atoms with Crippen LogP contribution in [0, 0.1) is 6.92 Å². The lowest BCUT2D eigenvalue weighted by Gasteiger charge is -2.27. The highest BCUT2D eigenvalue weighted by Gasteiger charge is 2.18. The molecule has 3 heterocycles. The summed E-state index contributed by atoms with van der Waals surface area (Å²) in [6, 6.07) is 6.33. The summed E-state index contributed by atoms with van der Waals surface area (Å²) in [5.41, 5.74) is 11.4. The van der Waals surface area contributed by atoms with E-state index in [1.807, 2.05) is 25.3 Å². The van der Waals surface area contributed by atoms with E-state index in [9.17, 15) is 0 Å². The number of aliphatic imine (C=N–C) groups is 1. The maximum Gasteiger partial charge on any atom is 0.0762 e. The van der Waals surface area contributed by atoms with Crippen molar-refractivity contribution in [3.05, 3.63) is 53.7 Å². The normalized spacial score (nSPS) is 15.2. The Hall–Kier alpha value is -2.73. The Morgan fingerprint density at radius 1 is 1.38 bits per heavy atom. The SMILES string of the molecule is CCCc1cc(N=CC(=CN)c2ncc(NC3COC3)cc2C)ccn1. The first kappa shape index (κ1) is 18.1. The summed E-state index contributed by atoms with van der Waals surface area (Å²) in [5.74, 6) is 0. The summed E-state index contributed by atoms with van der Waals surface area (Å²) in [6.45, 7) is 5.65. The van der Waals surface area contributed by atoms with Crippen LogP contribution >= 0.6 is 0 Å². The Bertz CT molecular complexity index is 812. The van der Waals surface area contributed by atoms with Crippen LogP contribution in [0.15, 0.2) is 41.8 Å². The Labute approximate surface area is 154 Å². The van der Waals surface area contributed by atoms with Crippen molar-refractivity contribution in [1.29, 1.82) is 0 Å². The second kappa shape index (κ2) is 8.58. The molecule has 1 aliphatic rings. The van der Waals surface area contributed by atoms with E-state index in [2.05, 4.69) is 33.3 Å². The van der Waals surface area contributed by atoms with Crippen LogP contribution in [0.25, 0.3) is 5.57 Å². The fourth-order valence-electron chi connectivity index (χ4n) is 2.78. The molecule has 1 fully saturated rings. The largest absolute Gasteiger partial charge is 0.404 e. The van der Waals surface area contributed by atoms with E-state index >= 15 is 0 Å². The maximum atomic E-state index is 5.83. The van der Waals surface area contributed by atoms with E-state index in [4.69, 9.17) is 10.5 Å². The first-order valence-electron chi connectivity index (χ1n) is 8.91. The van der Waals surface area contributed by atoms with E-state index in [0.717, 1.165) is 60.0 Å². The zero-order valence-corrected chi connectivity index (χ0v) is 15.3. The summed E-state index contributed by atoms with van der Waals surface area (Å²) >= 11 is 0. The molecule has 26 heavy (non-hydrogen) atoms. The van der Waals surface area contributed by atoms with Gasteiger partial charge in [0.2, 0.25) is 0 Å². The van der Waals surface area contributed by atoms with Gasteiger partial charge in [-0.2, -0.15) is 0 Å². The lowest BCUT2D eigenvalue weighted by atomic mass is 10.1. The first-order chi connectivity index (χ1) is 12.7. The molecule has 0 bridgehead atoms. The van der Waals surface area contributed by atoms with E-state index in [1.54, 1.807) is 18.6 Å². The zero-order chi connectivity index (χ0) is 18.4. The molecule has 3 rings (SSSR count). The van der Waals surface area contributed by atoms with Crippen LogP contribution in [-0.4, -0.2) is 35.4 Å². The summed E-state index contributed by atoms with van der Waals surface area (Å²) < 4.78 is 5.18. The van der Waals surface area contributed by atoms with Gasteiger partial charge in [-0.3, -0.25) is 15.0 Å². The average Bonchev–Trinajstić information content (AvgIpc) is 2.61. The zero-order valence-electron chi connectivity index (χ0n) is 15.3. The monoisotopic (exact) mass is 351 g/mol. The van der Waals surface area contributed by atoms with Crippen LogP contribution in [0.5, 0.6) is 0 Å². The average molecular weight is 351 g/mol. The van der Waals surface area contributed by atoms with E-state index in [1.165, 1.54) is 0 Å². The number of pyridine rings is 2. The number of nitrogens with zero attached hydrogens (tertiary/aromatic N) is 3. The Morgan fingerprint density at radius 2 is 2.23 bits per heavy atom. The molecule has 136 valence electrons. The standard InChI is InChI=1S/C20H25N5O/c1-3-4-16-8-17(5-6-22-16)23-10-15(9-21)20-14(2)7-18(11-24-20)25-19-12-26-13-19/h5-11,19,25H,3-4,12-13,21H2,1-2H3. The van der Waals surface area contributed by atoms with Crippen LogP contribution in [0.1, 0.15) is 30.3 Å². The van der Waals surface area contributed by atoms with Crippen molar-refractivity contribution >= 4 is 23.2 Å². The minimum absolute atomic E-state index is 0.372. The fourth-order valence-corrected chi connectivity index (χ4v) is 2.78. The second-order valence-electron chi connectivity index (χ2n) is 6.40. The van der Waals surface area contributed by atoms with Gasteiger partial charge in [0.25, 0.3) is 0 Å². The number of ether oxygens (including phenoxy) is 1. The third-order valence-electron chi connectivity index (χ3n) is 4.20. The molecule has 6 heteroatoms. The molecular formula is C20H25N5O. The molecule has 0 aromatic carbocycles. The number of allylic oxidation sites excluding steroid dienone is 1. The molecule has 3 N–H and O–H groups in total. The number of nitrogens with two attached hydrogens (primary N) is 1. The fraction of sp³-hybridized carbons (Fsp3) is 0.350. The smallest absolute Gasteiger partial charge is 0.0762 e. The lowest BCUT2D eigenvalue weighted by Crippen LogP contribution is -2.40. The summed E-state index contributed by atoms with van der Waals surface area (Å²) in [7, 11) is 0. The van der Waals surface area contributed by atoms with Gasteiger partial charge in [0, 0.05) is 29.9 Å². The van der Waals surface area contributed by atoms with Crippen molar-refractivity contribution in [2.75, 3.05) is 18.5 Å². The topological polar surface area (TPSA) is 85.4 Å². The molecule has 0 aliphatic carbocycles. The Balaban J connectivity index is 1.75. The Morgan fingerprint density at radius 3 is 2.88 bits per heavy atom. The lowest BCUT2D eigenvalue weighted by molar-refractivity contribution is 0.0211. The van der Waals surface area contributed by atoms with Crippen LogP contribution in [0.4, 0.5) is 11.4 Å². The highest BCUT2D eigenvalue weighted by molar-refractivity contribution is 6.10. The number of nitrogens with one attached hydrogen (secondary N) is 1. The van der Waals surface area contributed by atoms with Gasteiger partial charge in [-0.05, 0) is 37.1 Å². The van der Waals surface area contributed by atoms with Crippen molar-refractivity contribution in [1.82, 2.24) is 9.97 Å². The third kappa shape index (κ3) is 4.46. The van der Waals surface area contributed by atoms with Gasteiger partial charge in [-0.1, -0.05) is 13.3 Å². The molecule has 0 spiro atoms. The van der Waals surface area contributed by atoms with Crippen LogP contribution in [0.3, 0.4) is 0 Å². The molecule has 6 nitrogen and oxygen atoms in total. The van der Waals surface area contributed by atoms with Crippen molar-refractivity contribution in [2.24, 2.45) is 10.7 Å². The van der Waals surface area contributed by atoms with Gasteiger partial charge in [-0.15, -0.1) is 0 Å². The predicted octanol–water partition coefficient (Wildman–Crippen LogP) is 3.25. The highest BCUT2D eigenvalue weighted by Crippen LogP contribution is 2.21. The predicted molar refractivity (Wildman–Crippen MR) is 106 cm³/mol. The molecule has 0 amide bonds. The highest BCUT2D eigenvalue weighted by atomic mass is 16.5. The molecule has 2 aromatic rings. The molecule has 1 aliphatic heterocycles. The Kier molecular flexibility index (Phi) is 5.96.